The monoisotopic (exact) mass is 441 g/mol. The van der Waals surface area contributed by atoms with Crippen LogP contribution in [0.1, 0.15) is 23.6 Å². The molecule has 2 amide bonds. The van der Waals surface area contributed by atoms with Crippen LogP contribution in [-0.2, 0) is 15.0 Å². The predicted octanol–water partition coefficient (Wildman–Crippen LogP) is 6.33. The van der Waals surface area contributed by atoms with Gasteiger partial charge in [-0.1, -0.05) is 84.9 Å². The summed E-state index contributed by atoms with van der Waals surface area (Å²) in [4.78, 5) is 28.7. The number of benzene rings is 5. The van der Waals surface area contributed by atoms with Crippen LogP contribution in [-0.4, -0.2) is 11.8 Å². The van der Waals surface area contributed by atoms with E-state index >= 15 is 0 Å². The van der Waals surface area contributed by atoms with Crippen LogP contribution in [0.5, 0.6) is 11.5 Å². The first-order valence-electron chi connectivity index (χ1n) is 11.3. The molecule has 0 saturated carbocycles. The number of hydrogen-bond donors (Lipinski definition) is 0. The maximum Gasteiger partial charge on any atom is 0.253 e. The summed E-state index contributed by atoms with van der Waals surface area (Å²) in [5.74, 6) is 0.731. The lowest BCUT2D eigenvalue weighted by Crippen LogP contribution is -2.45. The maximum absolute atomic E-state index is 14.5. The zero-order valence-corrected chi connectivity index (χ0v) is 18.4. The molecule has 2 heterocycles. The number of imide groups is 1. The Morgan fingerprint density at radius 2 is 1.38 bits per heavy atom. The third-order valence-corrected chi connectivity index (χ3v) is 7.15. The number of carbonyl (C=O) groups excluding carboxylic acids is 2. The minimum atomic E-state index is -1.20. The summed E-state index contributed by atoms with van der Waals surface area (Å²) in [6.45, 7) is 1.44. The van der Waals surface area contributed by atoms with Gasteiger partial charge < -0.3 is 4.74 Å². The Labute approximate surface area is 196 Å². The van der Waals surface area contributed by atoms with Crippen molar-refractivity contribution < 1.29 is 14.3 Å². The van der Waals surface area contributed by atoms with Crippen LogP contribution in [0, 0.1) is 0 Å². The fraction of sp³-hybridized carbons (Fsp3) is 0.0667. The molecule has 2 aliphatic rings. The quantitative estimate of drug-likeness (QED) is 0.282. The largest absolute Gasteiger partial charge is 0.456 e. The van der Waals surface area contributed by atoms with Crippen molar-refractivity contribution in [2.45, 2.75) is 12.3 Å². The Balaban J connectivity index is 1.72. The van der Waals surface area contributed by atoms with Crippen LogP contribution in [0.3, 0.4) is 0 Å². The molecule has 7 rings (SSSR count). The molecule has 1 unspecified atom stereocenters. The van der Waals surface area contributed by atoms with Crippen LogP contribution in [0.25, 0.3) is 21.5 Å². The van der Waals surface area contributed by atoms with Gasteiger partial charge in [0.1, 0.15) is 16.9 Å². The first kappa shape index (κ1) is 19.1. The number of fused-ring (bicyclic) bond motifs is 10. The Morgan fingerprint density at radius 1 is 0.735 bits per heavy atom. The molecule has 0 N–H and O–H groups in total. The van der Waals surface area contributed by atoms with Gasteiger partial charge in [0.05, 0.1) is 5.69 Å². The van der Waals surface area contributed by atoms with Crippen molar-refractivity contribution in [2.24, 2.45) is 0 Å². The van der Waals surface area contributed by atoms with Crippen molar-refractivity contribution in [1.29, 1.82) is 0 Å². The van der Waals surface area contributed by atoms with Crippen LogP contribution in [0.15, 0.2) is 97.1 Å². The lowest BCUT2D eigenvalue weighted by atomic mass is 9.66. The number of ether oxygens (including phenoxy) is 1. The molecule has 0 fully saturated rings. The summed E-state index contributed by atoms with van der Waals surface area (Å²) in [6.07, 6.45) is 0. The molecule has 1 atom stereocenters. The van der Waals surface area contributed by atoms with Gasteiger partial charge in [-0.05, 0) is 28.3 Å². The van der Waals surface area contributed by atoms with Gasteiger partial charge in [0.25, 0.3) is 5.91 Å². The standard InChI is InChI=1S/C30H19NO3/c1-18(32)31-25-13-7-6-12-23(25)30(29(31)33)24-16-14-20-9-3-5-11-22(20)28(24)34-26-17-15-19-8-2-4-10-21(19)27(26)30/h2-17H,1H3. The molecule has 4 nitrogen and oxygen atoms in total. The van der Waals surface area contributed by atoms with E-state index in [1.807, 2.05) is 97.1 Å². The third-order valence-electron chi connectivity index (χ3n) is 7.15. The highest BCUT2D eigenvalue weighted by atomic mass is 16.5. The van der Waals surface area contributed by atoms with E-state index in [1.165, 1.54) is 11.8 Å². The van der Waals surface area contributed by atoms with Gasteiger partial charge in [0.2, 0.25) is 5.91 Å². The van der Waals surface area contributed by atoms with E-state index in [2.05, 4.69) is 0 Å². The molecule has 5 aromatic rings. The Kier molecular flexibility index (Phi) is 3.67. The minimum Gasteiger partial charge on any atom is -0.456 e. The second-order valence-electron chi connectivity index (χ2n) is 8.85. The van der Waals surface area contributed by atoms with Crippen molar-refractivity contribution >= 4 is 39.0 Å². The second-order valence-corrected chi connectivity index (χ2v) is 8.85. The summed E-state index contributed by atoms with van der Waals surface area (Å²) < 4.78 is 6.59. The van der Waals surface area contributed by atoms with Gasteiger partial charge in [-0.15, -0.1) is 0 Å². The lowest BCUT2D eigenvalue weighted by molar-refractivity contribution is -0.126. The second kappa shape index (κ2) is 6.55. The molecule has 162 valence electrons. The normalized spacial score (nSPS) is 18.0. The van der Waals surface area contributed by atoms with Crippen LogP contribution < -0.4 is 9.64 Å². The highest BCUT2D eigenvalue weighted by molar-refractivity contribution is 6.26. The van der Waals surface area contributed by atoms with Crippen molar-refractivity contribution in [3.8, 4) is 11.5 Å². The molecule has 4 heteroatoms. The first-order valence-corrected chi connectivity index (χ1v) is 11.3. The van der Waals surface area contributed by atoms with Crippen molar-refractivity contribution in [3.63, 3.8) is 0 Å². The van der Waals surface area contributed by atoms with E-state index in [0.29, 0.717) is 17.2 Å². The van der Waals surface area contributed by atoms with Gasteiger partial charge in [0, 0.05) is 29.0 Å². The highest BCUT2D eigenvalue weighted by Crippen LogP contribution is 2.60. The van der Waals surface area contributed by atoms with Gasteiger partial charge >= 0.3 is 0 Å². The van der Waals surface area contributed by atoms with E-state index in [9.17, 15) is 9.59 Å². The average Bonchev–Trinajstić information content (AvgIpc) is 3.12. The van der Waals surface area contributed by atoms with Crippen molar-refractivity contribution in [2.75, 3.05) is 4.90 Å². The number of rotatable bonds is 0. The molecule has 0 saturated heterocycles. The molecular weight excluding hydrogens is 422 g/mol. The van der Waals surface area contributed by atoms with E-state index in [4.69, 9.17) is 4.74 Å². The van der Waals surface area contributed by atoms with E-state index in [1.54, 1.807) is 0 Å². The van der Waals surface area contributed by atoms with Gasteiger partial charge in [0.15, 0.2) is 0 Å². The fourth-order valence-corrected chi connectivity index (χ4v) is 5.81. The zero-order chi connectivity index (χ0) is 23.0. The summed E-state index contributed by atoms with van der Waals surface area (Å²) in [5, 5.41) is 3.92. The summed E-state index contributed by atoms with van der Waals surface area (Å²) in [7, 11) is 0. The van der Waals surface area contributed by atoms with Gasteiger partial charge in [-0.3, -0.25) is 9.59 Å². The van der Waals surface area contributed by atoms with Crippen molar-refractivity contribution in [1.82, 2.24) is 0 Å². The molecule has 0 radical (unpaired) electrons. The Hall–Kier alpha value is -4.44. The smallest absolute Gasteiger partial charge is 0.253 e. The molecule has 0 bridgehead atoms. The number of amides is 2. The van der Waals surface area contributed by atoms with E-state index < -0.39 is 5.41 Å². The van der Waals surface area contributed by atoms with Gasteiger partial charge in [-0.25, -0.2) is 4.90 Å². The van der Waals surface area contributed by atoms with Gasteiger partial charge in [-0.2, -0.15) is 0 Å². The summed E-state index contributed by atoms with van der Waals surface area (Å²) in [5.41, 5.74) is 1.77. The SMILES string of the molecule is CC(=O)N1C(=O)C2(c3ccccc31)c1ccc3ccccc3c1Oc1ccc3ccccc3c12. The minimum absolute atomic E-state index is 0.265. The number of nitrogens with zero attached hydrogens (tertiary/aromatic N) is 1. The maximum atomic E-state index is 14.5. The topological polar surface area (TPSA) is 46.6 Å². The average molecular weight is 441 g/mol. The number of para-hydroxylation sites is 1. The third kappa shape index (κ3) is 2.17. The lowest BCUT2D eigenvalue weighted by Gasteiger charge is -2.37. The van der Waals surface area contributed by atoms with Crippen LogP contribution >= 0.6 is 0 Å². The number of carbonyl (C=O) groups is 2. The molecule has 5 aromatic carbocycles. The van der Waals surface area contributed by atoms with Crippen LogP contribution in [0.2, 0.25) is 0 Å². The Morgan fingerprint density at radius 3 is 2.18 bits per heavy atom. The first-order chi connectivity index (χ1) is 16.6. The molecule has 0 aromatic heterocycles. The highest BCUT2D eigenvalue weighted by Gasteiger charge is 2.59. The molecule has 2 aliphatic heterocycles. The van der Waals surface area contributed by atoms with E-state index in [-0.39, 0.29) is 11.8 Å². The summed E-state index contributed by atoms with van der Waals surface area (Å²) >= 11 is 0. The van der Waals surface area contributed by atoms with E-state index in [0.717, 1.165) is 38.2 Å². The Bertz CT molecular complexity index is 1700. The molecule has 0 aliphatic carbocycles. The fourth-order valence-electron chi connectivity index (χ4n) is 5.81. The van der Waals surface area contributed by atoms with Crippen molar-refractivity contribution in [3.05, 3.63) is 114 Å². The number of anilines is 1. The predicted molar refractivity (Wildman–Crippen MR) is 132 cm³/mol. The summed E-state index contributed by atoms with van der Waals surface area (Å²) in [6, 6.07) is 31.6. The number of hydrogen-bond acceptors (Lipinski definition) is 3. The molecular formula is C30H19NO3. The molecule has 1 spiro atoms. The molecule has 34 heavy (non-hydrogen) atoms. The van der Waals surface area contributed by atoms with Crippen LogP contribution in [0.4, 0.5) is 5.69 Å². The zero-order valence-electron chi connectivity index (χ0n) is 18.4.